The first kappa shape index (κ1) is 12.0. The van der Waals surface area contributed by atoms with Crippen molar-refractivity contribution in [3.8, 4) is 0 Å². The van der Waals surface area contributed by atoms with Gasteiger partial charge in [-0.05, 0) is 38.1 Å². The van der Waals surface area contributed by atoms with Gasteiger partial charge < -0.3 is 10.2 Å². The molecule has 0 aliphatic carbocycles. The van der Waals surface area contributed by atoms with Gasteiger partial charge in [-0.2, -0.15) is 0 Å². The van der Waals surface area contributed by atoms with E-state index in [-0.39, 0.29) is 0 Å². The highest BCUT2D eigenvalue weighted by Crippen LogP contribution is 2.27. The SMILES string of the molecule is CNCc1ccccc1N1CCN2CCCC2C1. The van der Waals surface area contributed by atoms with Crippen molar-refractivity contribution in [1.82, 2.24) is 10.2 Å². The number of benzene rings is 1. The molecule has 18 heavy (non-hydrogen) atoms. The first-order valence-corrected chi connectivity index (χ1v) is 7.10. The number of fused-ring (bicyclic) bond motifs is 1. The predicted molar refractivity (Wildman–Crippen MR) is 76.0 cm³/mol. The Morgan fingerprint density at radius 1 is 1.22 bits per heavy atom. The van der Waals surface area contributed by atoms with Crippen molar-refractivity contribution in [3.05, 3.63) is 29.8 Å². The minimum absolute atomic E-state index is 0.793. The second-order valence-electron chi connectivity index (χ2n) is 5.44. The van der Waals surface area contributed by atoms with Crippen molar-refractivity contribution >= 4 is 5.69 Å². The van der Waals surface area contributed by atoms with Crippen LogP contribution in [-0.2, 0) is 6.54 Å². The Morgan fingerprint density at radius 2 is 2.11 bits per heavy atom. The Balaban J connectivity index is 1.78. The van der Waals surface area contributed by atoms with Crippen LogP contribution >= 0.6 is 0 Å². The zero-order valence-electron chi connectivity index (χ0n) is 11.2. The summed E-state index contributed by atoms with van der Waals surface area (Å²) in [4.78, 5) is 5.25. The summed E-state index contributed by atoms with van der Waals surface area (Å²) in [6.45, 7) is 5.90. The molecular formula is C15H23N3. The van der Waals surface area contributed by atoms with E-state index in [2.05, 4.69) is 39.4 Å². The third-order valence-corrected chi connectivity index (χ3v) is 4.29. The Labute approximate surface area is 110 Å². The van der Waals surface area contributed by atoms with Gasteiger partial charge in [-0.1, -0.05) is 18.2 Å². The summed E-state index contributed by atoms with van der Waals surface area (Å²) in [6, 6.07) is 9.61. The molecule has 2 saturated heterocycles. The lowest BCUT2D eigenvalue weighted by Gasteiger charge is -2.39. The van der Waals surface area contributed by atoms with Crippen LogP contribution in [-0.4, -0.2) is 44.2 Å². The van der Waals surface area contributed by atoms with Crippen molar-refractivity contribution in [2.75, 3.05) is 38.1 Å². The van der Waals surface area contributed by atoms with Crippen molar-refractivity contribution in [2.45, 2.75) is 25.4 Å². The van der Waals surface area contributed by atoms with Crippen LogP contribution in [0.3, 0.4) is 0 Å². The molecule has 0 radical (unpaired) electrons. The Bertz CT molecular complexity index is 404. The molecule has 3 heteroatoms. The molecule has 3 nitrogen and oxygen atoms in total. The molecule has 2 aliphatic heterocycles. The predicted octanol–water partition coefficient (Wildman–Crippen LogP) is 1.69. The lowest BCUT2D eigenvalue weighted by atomic mass is 10.1. The summed E-state index contributed by atoms with van der Waals surface area (Å²) in [7, 11) is 2.02. The van der Waals surface area contributed by atoms with Crippen molar-refractivity contribution in [2.24, 2.45) is 0 Å². The van der Waals surface area contributed by atoms with Crippen LogP contribution in [0.4, 0.5) is 5.69 Å². The molecule has 1 atom stereocenters. The van der Waals surface area contributed by atoms with E-state index in [4.69, 9.17) is 0 Å². The van der Waals surface area contributed by atoms with Crippen molar-refractivity contribution in [3.63, 3.8) is 0 Å². The second-order valence-corrected chi connectivity index (χ2v) is 5.44. The molecule has 1 aromatic carbocycles. The normalized spacial score (nSPS) is 24.3. The summed E-state index contributed by atoms with van der Waals surface area (Å²) >= 11 is 0. The van der Waals surface area contributed by atoms with Crippen LogP contribution < -0.4 is 10.2 Å². The topological polar surface area (TPSA) is 18.5 Å². The molecule has 1 N–H and O–H groups in total. The number of piperazine rings is 1. The Hall–Kier alpha value is -1.06. The van der Waals surface area contributed by atoms with Crippen LogP contribution in [0.25, 0.3) is 0 Å². The van der Waals surface area contributed by atoms with E-state index in [9.17, 15) is 0 Å². The van der Waals surface area contributed by atoms with E-state index in [1.165, 1.54) is 50.3 Å². The number of nitrogens with one attached hydrogen (secondary N) is 1. The van der Waals surface area contributed by atoms with Gasteiger partial charge in [-0.25, -0.2) is 0 Å². The van der Waals surface area contributed by atoms with Gasteiger partial charge in [0, 0.05) is 37.9 Å². The lowest BCUT2D eigenvalue weighted by molar-refractivity contribution is 0.231. The fourth-order valence-electron chi connectivity index (χ4n) is 3.37. The molecule has 0 aromatic heterocycles. The third kappa shape index (κ3) is 2.25. The molecule has 98 valence electrons. The van der Waals surface area contributed by atoms with Gasteiger partial charge in [0.05, 0.1) is 0 Å². The number of rotatable bonds is 3. The van der Waals surface area contributed by atoms with Crippen LogP contribution in [0.2, 0.25) is 0 Å². The molecule has 1 aromatic rings. The van der Waals surface area contributed by atoms with Crippen LogP contribution in [0.1, 0.15) is 18.4 Å². The molecule has 1 unspecified atom stereocenters. The van der Waals surface area contributed by atoms with Crippen LogP contribution in [0, 0.1) is 0 Å². The van der Waals surface area contributed by atoms with E-state index in [0.29, 0.717) is 0 Å². The fourth-order valence-corrected chi connectivity index (χ4v) is 3.37. The molecule has 2 fully saturated rings. The second kappa shape index (κ2) is 5.29. The lowest BCUT2D eigenvalue weighted by Crippen LogP contribution is -2.50. The maximum Gasteiger partial charge on any atom is 0.0412 e. The number of nitrogens with zero attached hydrogens (tertiary/aromatic N) is 2. The number of hydrogen-bond donors (Lipinski definition) is 1. The minimum Gasteiger partial charge on any atom is -0.368 e. The highest BCUT2D eigenvalue weighted by atomic mass is 15.3. The van der Waals surface area contributed by atoms with Crippen molar-refractivity contribution < 1.29 is 0 Å². The van der Waals surface area contributed by atoms with Gasteiger partial charge in [0.25, 0.3) is 0 Å². The van der Waals surface area contributed by atoms with E-state index in [1.807, 2.05) is 7.05 Å². The Morgan fingerprint density at radius 3 is 3.00 bits per heavy atom. The summed E-state index contributed by atoms with van der Waals surface area (Å²) in [5, 5.41) is 3.27. The average Bonchev–Trinajstić information content (AvgIpc) is 2.87. The number of anilines is 1. The highest BCUT2D eigenvalue weighted by Gasteiger charge is 2.30. The first-order chi connectivity index (χ1) is 8.88. The molecular weight excluding hydrogens is 222 g/mol. The molecule has 2 heterocycles. The van der Waals surface area contributed by atoms with E-state index in [1.54, 1.807) is 0 Å². The molecule has 0 spiro atoms. The Kier molecular flexibility index (Phi) is 3.52. The third-order valence-electron chi connectivity index (χ3n) is 4.29. The van der Waals surface area contributed by atoms with E-state index >= 15 is 0 Å². The van der Waals surface area contributed by atoms with Crippen LogP contribution in [0.5, 0.6) is 0 Å². The summed E-state index contributed by atoms with van der Waals surface area (Å²) in [6.07, 6.45) is 2.77. The first-order valence-electron chi connectivity index (χ1n) is 7.10. The molecule has 0 bridgehead atoms. The number of hydrogen-bond acceptors (Lipinski definition) is 3. The molecule has 0 amide bonds. The quantitative estimate of drug-likeness (QED) is 0.874. The van der Waals surface area contributed by atoms with E-state index < -0.39 is 0 Å². The molecule has 2 aliphatic rings. The standard InChI is InChI=1S/C15H23N3/c1-16-11-13-5-2-3-7-15(13)18-10-9-17-8-4-6-14(17)12-18/h2-3,5,7,14,16H,4,6,8-12H2,1H3. The molecule has 0 saturated carbocycles. The van der Waals surface area contributed by atoms with Gasteiger partial charge in [-0.3, -0.25) is 4.90 Å². The average molecular weight is 245 g/mol. The summed E-state index contributed by atoms with van der Waals surface area (Å²) < 4.78 is 0. The number of para-hydroxylation sites is 1. The van der Waals surface area contributed by atoms with Gasteiger partial charge >= 0.3 is 0 Å². The monoisotopic (exact) mass is 245 g/mol. The zero-order valence-corrected chi connectivity index (χ0v) is 11.2. The molecule has 3 rings (SSSR count). The van der Waals surface area contributed by atoms with E-state index in [0.717, 1.165) is 12.6 Å². The maximum absolute atomic E-state index is 3.27. The maximum atomic E-state index is 3.27. The van der Waals surface area contributed by atoms with Gasteiger partial charge in [0.1, 0.15) is 0 Å². The fraction of sp³-hybridized carbons (Fsp3) is 0.600. The van der Waals surface area contributed by atoms with Gasteiger partial charge in [0.2, 0.25) is 0 Å². The van der Waals surface area contributed by atoms with Gasteiger partial charge in [0.15, 0.2) is 0 Å². The van der Waals surface area contributed by atoms with Gasteiger partial charge in [-0.15, -0.1) is 0 Å². The largest absolute Gasteiger partial charge is 0.368 e. The summed E-state index contributed by atoms with van der Waals surface area (Å²) in [5.74, 6) is 0. The highest BCUT2D eigenvalue weighted by molar-refractivity contribution is 5.54. The van der Waals surface area contributed by atoms with Crippen molar-refractivity contribution in [1.29, 1.82) is 0 Å². The van der Waals surface area contributed by atoms with Crippen LogP contribution in [0.15, 0.2) is 24.3 Å². The summed E-state index contributed by atoms with van der Waals surface area (Å²) in [5.41, 5.74) is 2.85. The minimum atomic E-state index is 0.793. The zero-order chi connectivity index (χ0) is 12.4. The smallest absolute Gasteiger partial charge is 0.0412 e.